The lowest BCUT2D eigenvalue weighted by atomic mass is 10.00. The summed E-state index contributed by atoms with van der Waals surface area (Å²) >= 11 is 0. The maximum atomic E-state index is 12.5. The summed E-state index contributed by atoms with van der Waals surface area (Å²) in [7, 11) is -3.38. The molecule has 0 bridgehead atoms. The van der Waals surface area contributed by atoms with E-state index < -0.39 is 10.0 Å². The third-order valence-corrected chi connectivity index (χ3v) is 4.99. The van der Waals surface area contributed by atoms with Gasteiger partial charge < -0.3 is 10.1 Å². The number of morpholine rings is 1. The van der Waals surface area contributed by atoms with Crippen LogP contribution in [-0.2, 0) is 14.8 Å². The summed E-state index contributed by atoms with van der Waals surface area (Å²) in [5.41, 5.74) is 0.568. The molecule has 0 aromatic heterocycles. The molecule has 1 fully saturated rings. The highest BCUT2D eigenvalue weighted by molar-refractivity contribution is 7.92. The standard InChI is InChI=1S/C18H29N3O4S/c1-13-10-21(11-14(2)25-13)18(3,4)12-19-17(22)15-7-6-8-16(9-15)20-26(5,23)24/h6-9,13-14,20H,10-12H2,1-5H3,(H,19,22). The quantitative estimate of drug-likeness (QED) is 0.780. The average Bonchev–Trinajstić information content (AvgIpc) is 2.50. The molecule has 26 heavy (non-hydrogen) atoms. The van der Waals surface area contributed by atoms with Crippen molar-refractivity contribution in [3.05, 3.63) is 29.8 Å². The molecule has 1 aromatic rings. The van der Waals surface area contributed by atoms with Crippen LogP contribution in [0, 0.1) is 0 Å². The Kier molecular flexibility index (Phi) is 6.31. The molecule has 146 valence electrons. The average molecular weight is 384 g/mol. The summed E-state index contributed by atoms with van der Waals surface area (Å²) in [5, 5.41) is 2.96. The molecule has 1 aromatic carbocycles. The first kappa shape index (κ1) is 20.7. The molecule has 2 atom stereocenters. The second kappa shape index (κ2) is 7.94. The van der Waals surface area contributed by atoms with E-state index in [0.717, 1.165) is 19.3 Å². The van der Waals surface area contributed by atoms with Crippen molar-refractivity contribution in [1.29, 1.82) is 0 Å². The molecule has 1 amide bonds. The van der Waals surface area contributed by atoms with Gasteiger partial charge >= 0.3 is 0 Å². The molecule has 2 rings (SSSR count). The van der Waals surface area contributed by atoms with Crippen LogP contribution in [0.2, 0.25) is 0 Å². The number of rotatable bonds is 6. The molecule has 2 unspecified atom stereocenters. The van der Waals surface area contributed by atoms with E-state index in [2.05, 4.69) is 42.6 Å². The van der Waals surface area contributed by atoms with E-state index in [1.54, 1.807) is 18.2 Å². The van der Waals surface area contributed by atoms with Gasteiger partial charge in [-0.15, -0.1) is 0 Å². The maximum Gasteiger partial charge on any atom is 0.251 e. The van der Waals surface area contributed by atoms with Crippen molar-refractivity contribution in [1.82, 2.24) is 10.2 Å². The molecule has 7 nitrogen and oxygen atoms in total. The number of anilines is 1. The van der Waals surface area contributed by atoms with Crippen LogP contribution in [0.25, 0.3) is 0 Å². The zero-order chi connectivity index (χ0) is 19.5. The van der Waals surface area contributed by atoms with Crippen molar-refractivity contribution in [2.24, 2.45) is 0 Å². The number of nitrogens with zero attached hydrogens (tertiary/aromatic N) is 1. The fraction of sp³-hybridized carbons (Fsp3) is 0.611. The van der Waals surface area contributed by atoms with Gasteiger partial charge in [0.15, 0.2) is 0 Å². The van der Waals surface area contributed by atoms with Gasteiger partial charge in [-0.3, -0.25) is 14.4 Å². The van der Waals surface area contributed by atoms with Crippen molar-refractivity contribution in [3.8, 4) is 0 Å². The van der Waals surface area contributed by atoms with Crippen LogP contribution < -0.4 is 10.0 Å². The fourth-order valence-electron chi connectivity index (χ4n) is 3.12. The van der Waals surface area contributed by atoms with Crippen molar-refractivity contribution in [2.75, 3.05) is 30.6 Å². The number of amides is 1. The Morgan fingerprint density at radius 3 is 2.46 bits per heavy atom. The summed E-state index contributed by atoms with van der Waals surface area (Å²) in [6.45, 7) is 10.4. The van der Waals surface area contributed by atoms with Gasteiger partial charge in [-0.05, 0) is 45.9 Å². The zero-order valence-corrected chi connectivity index (χ0v) is 16.9. The van der Waals surface area contributed by atoms with Crippen LogP contribution in [0.1, 0.15) is 38.1 Å². The highest BCUT2D eigenvalue weighted by Gasteiger charge is 2.33. The van der Waals surface area contributed by atoms with Gasteiger partial charge in [-0.1, -0.05) is 6.07 Å². The molecule has 1 aliphatic heterocycles. The van der Waals surface area contributed by atoms with Crippen LogP contribution in [0.15, 0.2) is 24.3 Å². The van der Waals surface area contributed by atoms with Crippen LogP contribution in [0.5, 0.6) is 0 Å². The maximum absolute atomic E-state index is 12.5. The van der Waals surface area contributed by atoms with Gasteiger partial charge in [0.1, 0.15) is 0 Å². The van der Waals surface area contributed by atoms with E-state index in [0.29, 0.717) is 17.8 Å². The lowest BCUT2D eigenvalue weighted by Gasteiger charge is -2.45. The zero-order valence-electron chi connectivity index (χ0n) is 16.1. The van der Waals surface area contributed by atoms with E-state index >= 15 is 0 Å². The Balaban J connectivity index is 2.00. The van der Waals surface area contributed by atoms with Crippen LogP contribution >= 0.6 is 0 Å². The van der Waals surface area contributed by atoms with Crippen LogP contribution in [0.3, 0.4) is 0 Å². The van der Waals surface area contributed by atoms with E-state index in [-0.39, 0.29) is 23.7 Å². The van der Waals surface area contributed by atoms with Gasteiger partial charge in [-0.25, -0.2) is 8.42 Å². The molecule has 0 spiro atoms. The molecule has 2 N–H and O–H groups in total. The highest BCUT2D eigenvalue weighted by Crippen LogP contribution is 2.21. The first-order valence-electron chi connectivity index (χ1n) is 8.73. The van der Waals surface area contributed by atoms with Gasteiger partial charge in [0.2, 0.25) is 10.0 Å². The third-order valence-electron chi connectivity index (χ3n) is 4.39. The number of ether oxygens (including phenoxy) is 1. The lowest BCUT2D eigenvalue weighted by Crippen LogP contribution is -2.58. The lowest BCUT2D eigenvalue weighted by molar-refractivity contribution is -0.0948. The van der Waals surface area contributed by atoms with Gasteiger partial charge in [-0.2, -0.15) is 0 Å². The fourth-order valence-corrected chi connectivity index (χ4v) is 3.68. The molecule has 0 aliphatic carbocycles. The highest BCUT2D eigenvalue weighted by atomic mass is 32.2. The number of sulfonamides is 1. The molecule has 1 heterocycles. The first-order chi connectivity index (χ1) is 12.0. The van der Waals surface area contributed by atoms with Crippen LogP contribution in [-0.4, -0.2) is 62.9 Å². The summed E-state index contributed by atoms with van der Waals surface area (Å²) in [6, 6.07) is 6.45. The minimum Gasteiger partial charge on any atom is -0.373 e. The Morgan fingerprint density at radius 1 is 1.27 bits per heavy atom. The summed E-state index contributed by atoms with van der Waals surface area (Å²) in [6.07, 6.45) is 1.40. The largest absolute Gasteiger partial charge is 0.373 e. The van der Waals surface area contributed by atoms with Crippen molar-refractivity contribution in [2.45, 2.75) is 45.4 Å². The number of benzene rings is 1. The van der Waals surface area contributed by atoms with E-state index in [1.165, 1.54) is 6.07 Å². The Bertz CT molecular complexity index is 739. The van der Waals surface area contributed by atoms with E-state index in [4.69, 9.17) is 4.74 Å². The molecule has 0 radical (unpaired) electrons. The second-order valence-electron chi connectivity index (χ2n) is 7.61. The van der Waals surface area contributed by atoms with Crippen molar-refractivity contribution in [3.63, 3.8) is 0 Å². The SMILES string of the molecule is CC1CN(C(C)(C)CNC(=O)c2cccc(NS(C)(=O)=O)c2)CC(C)O1. The van der Waals surface area contributed by atoms with E-state index in [9.17, 15) is 13.2 Å². The normalized spacial score (nSPS) is 22.0. The Hall–Kier alpha value is -1.64. The summed E-state index contributed by atoms with van der Waals surface area (Å²) in [4.78, 5) is 14.8. The molecular formula is C18H29N3O4S. The Morgan fingerprint density at radius 2 is 1.88 bits per heavy atom. The molecule has 1 aliphatic rings. The predicted octanol–water partition coefficient (Wildman–Crippen LogP) is 1.68. The topological polar surface area (TPSA) is 87.7 Å². The summed E-state index contributed by atoms with van der Waals surface area (Å²) < 4.78 is 30.8. The monoisotopic (exact) mass is 383 g/mol. The van der Waals surface area contributed by atoms with Gasteiger partial charge in [0.25, 0.3) is 5.91 Å². The number of carbonyl (C=O) groups is 1. The summed E-state index contributed by atoms with van der Waals surface area (Å²) in [5.74, 6) is -0.232. The number of carbonyl (C=O) groups excluding carboxylic acids is 1. The van der Waals surface area contributed by atoms with E-state index in [1.807, 2.05) is 0 Å². The van der Waals surface area contributed by atoms with Crippen LogP contribution in [0.4, 0.5) is 5.69 Å². The minimum atomic E-state index is -3.38. The molecule has 0 saturated carbocycles. The minimum absolute atomic E-state index is 0.160. The molecular weight excluding hydrogens is 354 g/mol. The molecule has 8 heteroatoms. The third kappa shape index (κ3) is 5.96. The second-order valence-corrected chi connectivity index (χ2v) is 9.36. The van der Waals surface area contributed by atoms with Gasteiger partial charge in [0, 0.05) is 36.4 Å². The Labute approximate surface area is 156 Å². The van der Waals surface area contributed by atoms with Crippen molar-refractivity contribution >= 4 is 21.6 Å². The van der Waals surface area contributed by atoms with Crippen molar-refractivity contribution < 1.29 is 17.9 Å². The number of hydrogen-bond donors (Lipinski definition) is 2. The predicted molar refractivity (Wildman–Crippen MR) is 103 cm³/mol. The molecule has 1 saturated heterocycles. The number of hydrogen-bond acceptors (Lipinski definition) is 5. The number of nitrogens with one attached hydrogen (secondary N) is 2. The smallest absolute Gasteiger partial charge is 0.251 e. The van der Waals surface area contributed by atoms with Gasteiger partial charge in [0.05, 0.1) is 18.5 Å². The first-order valence-corrected chi connectivity index (χ1v) is 10.6.